The lowest BCUT2D eigenvalue weighted by atomic mass is 10.1. The van der Waals surface area contributed by atoms with Crippen molar-refractivity contribution >= 4 is 5.91 Å². The average molecular weight is 323 g/mol. The van der Waals surface area contributed by atoms with Gasteiger partial charge < -0.3 is 10.1 Å². The van der Waals surface area contributed by atoms with E-state index in [0.29, 0.717) is 24.3 Å². The van der Waals surface area contributed by atoms with Gasteiger partial charge in [0.1, 0.15) is 5.75 Å². The molecule has 0 atom stereocenters. The molecule has 1 N–H and O–H groups in total. The van der Waals surface area contributed by atoms with Crippen LogP contribution in [0.3, 0.4) is 0 Å². The van der Waals surface area contributed by atoms with Gasteiger partial charge in [0.15, 0.2) is 0 Å². The van der Waals surface area contributed by atoms with Crippen LogP contribution >= 0.6 is 0 Å². The molecule has 0 aromatic heterocycles. The second kappa shape index (κ2) is 7.17. The van der Waals surface area contributed by atoms with Gasteiger partial charge in [0, 0.05) is 12.1 Å². The minimum atomic E-state index is -4.33. The minimum Gasteiger partial charge on any atom is -0.497 e. The molecule has 0 saturated carbocycles. The Kier molecular flexibility index (Phi) is 5.26. The maximum Gasteiger partial charge on any atom is 0.416 e. The molecule has 0 aliphatic carbocycles. The summed E-state index contributed by atoms with van der Waals surface area (Å²) in [4.78, 5) is 11.9. The Balaban J connectivity index is 1.85. The highest BCUT2D eigenvalue weighted by Crippen LogP contribution is 2.29. The molecule has 6 heteroatoms. The highest BCUT2D eigenvalue weighted by atomic mass is 19.4. The fourth-order valence-corrected chi connectivity index (χ4v) is 2.03. The van der Waals surface area contributed by atoms with Crippen LogP contribution in [0, 0.1) is 0 Å². The van der Waals surface area contributed by atoms with Crippen LogP contribution in [0.4, 0.5) is 13.2 Å². The Morgan fingerprint density at radius 2 is 1.65 bits per heavy atom. The van der Waals surface area contributed by atoms with E-state index in [9.17, 15) is 18.0 Å². The summed E-state index contributed by atoms with van der Waals surface area (Å²) in [7, 11) is 1.54. The zero-order valence-electron chi connectivity index (χ0n) is 12.5. The lowest BCUT2D eigenvalue weighted by Gasteiger charge is -2.08. The maximum absolute atomic E-state index is 12.5. The highest BCUT2D eigenvalue weighted by molar-refractivity contribution is 5.94. The Morgan fingerprint density at radius 3 is 2.17 bits per heavy atom. The van der Waals surface area contributed by atoms with Crippen molar-refractivity contribution in [3.63, 3.8) is 0 Å². The van der Waals surface area contributed by atoms with Crippen LogP contribution in [-0.2, 0) is 12.6 Å². The Morgan fingerprint density at radius 1 is 1.04 bits per heavy atom. The molecular weight excluding hydrogens is 307 g/mol. The predicted molar refractivity (Wildman–Crippen MR) is 80.5 cm³/mol. The van der Waals surface area contributed by atoms with Crippen molar-refractivity contribution in [3.05, 3.63) is 65.2 Å². The van der Waals surface area contributed by atoms with Crippen molar-refractivity contribution in [1.29, 1.82) is 0 Å². The highest BCUT2D eigenvalue weighted by Gasteiger charge is 2.29. The van der Waals surface area contributed by atoms with Gasteiger partial charge in [0.2, 0.25) is 0 Å². The van der Waals surface area contributed by atoms with Crippen LogP contribution in [-0.4, -0.2) is 19.6 Å². The second-order valence-electron chi connectivity index (χ2n) is 4.93. The van der Waals surface area contributed by atoms with E-state index in [1.165, 1.54) is 12.1 Å². The summed E-state index contributed by atoms with van der Waals surface area (Å²) in [6.45, 7) is 0.343. The summed E-state index contributed by atoms with van der Waals surface area (Å²) in [5.41, 5.74) is 0.551. The number of nitrogens with one attached hydrogen (secondary N) is 1. The summed E-state index contributed by atoms with van der Waals surface area (Å²) in [5.74, 6) is 0.422. The summed E-state index contributed by atoms with van der Waals surface area (Å²) < 4.78 is 42.4. The molecule has 2 rings (SSSR count). The summed E-state index contributed by atoms with van der Waals surface area (Å²) in [5, 5.41) is 2.73. The molecule has 2 aromatic carbocycles. The van der Waals surface area contributed by atoms with Crippen molar-refractivity contribution in [2.24, 2.45) is 0 Å². The molecule has 23 heavy (non-hydrogen) atoms. The van der Waals surface area contributed by atoms with E-state index in [0.717, 1.165) is 17.7 Å². The number of amides is 1. The van der Waals surface area contributed by atoms with E-state index in [4.69, 9.17) is 4.74 Å². The molecule has 2 aromatic rings. The van der Waals surface area contributed by atoms with Gasteiger partial charge in [-0.1, -0.05) is 12.1 Å². The number of hydrogen-bond acceptors (Lipinski definition) is 2. The number of halogens is 3. The van der Waals surface area contributed by atoms with Gasteiger partial charge in [-0.15, -0.1) is 0 Å². The molecule has 1 amide bonds. The predicted octanol–water partition coefficient (Wildman–Crippen LogP) is 3.69. The smallest absolute Gasteiger partial charge is 0.416 e. The summed E-state index contributed by atoms with van der Waals surface area (Å²) in [6, 6.07) is 11.6. The normalized spacial score (nSPS) is 11.1. The Bertz CT molecular complexity index is 649. The van der Waals surface area contributed by atoms with Gasteiger partial charge >= 0.3 is 6.18 Å². The van der Waals surface area contributed by atoms with Crippen LogP contribution in [0.5, 0.6) is 5.75 Å². The first kappa shape index (κ1) is 16.9. The van der Waals surface area contributed by atoms with Crippen molar-refractivity contribution in [3.8, 4) is 5.75 Å². The Hall–Kier alpha value is -2.50. The first-order chi connectivity index (χ1) is 10.9. The van der Waals surface area contributed by atoms with Crippen LogP contribution < -0.4 is 10.1 Å². The molecule has 122 valence electrons. The van der Waals surface area contributed by atoms with Crippen LogP contribution in [0.25, 0.3) is 0 Å². The van der Waals surface area contributed by atoms with Gasteiger partial charge in [-0.2, -0.15) is 13.2 Å². The number of hydrogen-bond donors (Lipinski definition) is 1. The van der Waals surface area contributed by atoms with Crippen LogP contribution in [0.1, 0.15) is 21.5 Å². The lowest BCUT2D eigenvalue weighted by molar-refractivity contribution is -0.137. The number of carbonyl (C=O) groups excluding carboxylic acids is 1. The number of carbonyl (C=O) groups is 1. The third-order valence-corrected chi connectivity index (χ3v) is 3.33. The van der Waals surface area contributed by atoms with Crippen molar-refractivity contribution < 1.29 is 22.7 Å². The van der Waals surface area contributed by atoms with E-state index in [2.05, 4.69) is 5.32 Å². The standard InChI is InChI=1S/C17H16F3NO2/c1-23-15-8-4-13(5-9-15)16(22)21-11-10-12-2-6-14(7-3-12)17(18,19)20/h2-9H,10-11H2,1H3,(H,21,22). The monoisotopic (exact) mass is 323 g/mol. The van der Waals surface area contributed by atoms with Gasteiger partial charge in [0.25, 0.3) is 5.91 Å². The lowest BCUT2D eigenvalue weighted by Crippen LogP contribution is -2.25. The molecule has 0 aliphatic rings. The molecule has 0 aliphatic heterocycles. The van der Waals surface area contributed by atoms with E-state index in [-0.39, 0.29) is 5.91 Å². The van der Waals surface area contributed by atoms with Crippen LogP contribution in [0.15, 0.2) is 48.5 Å². The molecule has 0 heterocycles. The average Bonchev–Trinajstić information content (AvgIpc) is 2.54. The van der Waals surface area contributed by atoms with Crippen molar-refractivity contribution in [1.82, 2.24) is 5.32 Å². The van der Waals surface area contributed by atoms with E-state index < -0.39 is 11.7 Å². The van der Waals surface area contributed by atoms with Crippen LogP contribution in [0.2, 0.25) is 0 Å². The Labute approximate surface area is 132 Å². The number of methoxy groups -OCH3 is 1. The van der Waals surface area contributed by atoms with E-state index in [1.807, 2.05) is 0 Å². The zero-order chi connectivity index (χ0) is 16.9. The number of alkyl halides is 3. The number of ether oxygens (including phenoxy) is 1. The fraction of sp³-hybridized carbons (Fsp3) is 0.235. The largest absolute Gasteiger partial charge is 0.497 e. The maximum atomic E-state index is 12.5. The quantitative estimate of drug-likeness (QED) is 0.911. The van der Waals surface area contributed by atoms with E-state index in [1.54, 1.807) is 31.4 Å². The topological polar surface area (TPSA) is 38.3 Å². The van der Waals surface area contributed by atoms with Gasteiger partial charge in [-0.3, -0.25) is 4.79 Å². The van der Waals surface area contributed by atoms with Gasteiger partial charge in [-0.05, 0) is 48.4 Å². The minimum absolute atomic E-state index is 0.237. The molecular formula is C17H16F3NO2. The molecule has 0 fully saturated rings. The summed E-state index contributed by atoms with van der Waals surface area (Å²) in [6.07, 6.45) is -3.87. The SMILES string of the molecule is COc1ccc(C(=O)NCCc2ccc(C(F)(F)F)cc2)cc1. The fourth-order valence-electron chi connectivity index (χ4n) is 2.03. The third-order valence-electron chi connectivity index (χ3n) is 3.33. The third kappa shape index (κ3) is 4.74. The molecule has 0 spiro atoms. The van der Waals surface area contributed by atoms with Crippen molar-refractivity contribution in [2.45, 2.75) is 12.6 Å². The summed E-state index contributed by atoms with van der Waals surface area (Å²) >= 11 is 0. The molecule has 0 bridgehead atoms. The molecule has 0 radical (unpaired) electrons. The van der Waals surface area contributed by atoms with E-state index >= 15 is 0 Å². The number of rotatable bonds is 5. The van der Waals surface area contributed by atoms with Crippen molar-refractivity contribution in [2.75, 3.05) is 13.7 Å². The van der Waals surface area contributed by atoms with Gasteiger partial charge in [-0.25, -0.2) is 0 Å². The van der Waals surface area contributed by atoms with Gasteiger partial charge in [0.05, 0.1) is 12.7 Å². The molecule has 3 nitrogen and oxygen atoms in total. The second-order valence-corrected chi connectivity index (χ2v) is 4.93. The zero-order valence-corrected chi connectivity index (χ0v) is 12.5. The number of benzene rings is 2. The molecule has 0 unspecified atom stereocenters. The first-order valence-electron chi connectivity index (χ1n) is 6.98. The molecule has 0 saturated heterocycles. The first-order valence-corrected chi connectivity index (χ1v) is 6.98.